The average molecular weight is 621 g/mol. The van der Waals surface area contributed by atoms with Crippen molar-refractivity contribution in [2.45, 2.75) is 25.3 Å². The number of furan rings is 1. The monoisotopic (exact) mass is 620 g/mol. The summed E-state index contributed by atoms with van der Waals surface area (Å²) in [6.45, 7) is 8.26. The Labute approximate surface area is 256 Å². The van der Waals surface area contributed by atoms with Crippen LogP contribution in [0.4, 0.5) is 17.5 Å². The van der Waals surface area contributed by atoms with Gasteiger partial charge in [-0.3, -0.25) is 0 Å². The molecule has 13 heteroatoms. The maximum absolute atomic E-state index is 11.5. The van der Waals surface area contributed by atoms with Gasteiger partial charge in [0.05, 0.1) is 4.90 Å². The Morgan fingerprint density at radius 3 is 2.63 bits per heavy atom. The predicted octanol–water partition coefficient (Wildman–Crippen LogP) is 4.14. The molecule has 0 saturated carbocycles. The van der Waals surface area contributed by atoms with Gasteiger partial charge in [0, 0.05) is 49.0 Å². The molecule has 3 heterocycles. The smallest absolute Gasteiger partial charge is 0.238 e. The van der Waals surface area contributed by atoms with Crippen LogP contribution in [0.15, 0.2) is 70.0 Å². The summed E-state index contributed by atoms with van der Waals surface area (Å²) in [6, 6.07) is 16.0. The Bertz CT molecular complexity index is 1740. The predicted molar refractivity (Wildman–Crippen MR) is 175 cm³/mol. The minimum absolute atomic E-state index is 0.0210. The number of likely N-dealkylation sites (tertiary alicyclic amines) is 1. The lowest BCUT2D eigenvalue weighted by Crippen LogP contribution is -2.24. The van der Waals surface area contributed by atoms with Crippen LogP contribution in [0.25, 0.3) is 17.0 Å². The van der Waals surface area contributed by atoms with Gasteiger partial charge in [0.25, 0.3) is 0 Å². The first-order chi connectivity index (χ1) is 20.6. The number of primary sulfonamides is 1. The second kappa shape index (κ2) is 13.2. The van der Waals surface area contributed by atoms with Crippen LogP contribution in [-0.4, -0.2) is 54.6 Å². The van der Waals surface area contributed by atoms with Crippen molar-refractivity contribution in [1.29, 1.82) is 0 Å². The summed E-state index contributed by atoms with van der Waals surface area (Å²) in [5.74, 6) is 2.60. The topological polar surface area (TPSA) is 164 Å². The molecule has 43 heavy (non-hydrogen) atoms. The minimum atomic E-state index is -3.77. The molecule has 0 bridgehead atoms. The highest BCUT2D eigenvalue weighted by Gasteiger charge is 2.30. The number of fused-ring (bicyclic) bond motifs is 1. The zero-order valence-electron chi connectivity index (χ0n) is 24.1. The molecule has 2 unspecified atom stereocenters. The molecule has 5 rings (SSSR count). The Balaban J connectivity index is 1.21. The van der Waals surface area contributed by atoms with Crippen molar-refractivity contribution in [3.8, 4) is 0 Å². The maximum atomic E-state index is 11.5. The molecule has 1 aliphatic heterocycles. The van der Waals surface area contributed by atoms with Gasteiger partial charge in [-0.05, 0) is 91.6 Å². The first kappa shape index (κ1) is 30.6. The number of aromatic nitrogens is 2. The van der Waals surface area contributed by atoms with E-state index in [1.807, 2.05) is 25.1 Å². The van der Waals surface area contributed by atoms with Crippen LogP contribution in [0.3, 0.4) is 0 Å². The van der Waals surface area contributed by atoms with Crippen molar-refractivity contribution >= 4 is 61.9 Å². The molecule has 0 aliphatic carbocycles. The Morgan fingerprint density at radius 1 is 1.12 bits per heavy atom. The van der Waals surface area contributed by atoms with Gasteiger partial charge in [0.2, 0.25) is 16.0 Å². The summed E-state index contributed by atoms with van der Waals surface area (Å²) in [7, 11) is -3.77. The van der Waals surface area contributed by atoms with E-state index >= 15 is 0 Å². The molecule has 2 atom stereocenters. The van der Waals surface area contributed by atoms with Gasteiger partial charge in [-0.1, -0.05) is 19.1 Å². The van der Waals surface area contributed by atoms with E-state index in [0.29, 0.717) is 35.8 Å². The summed E-state index contributed by atoms with van der Waals surface area (Å²) in [5, 5.41) is 16.0. The number of anilines is 3. The summed E-state index contributed by atoms with van der Waals surface area (Å²) >= 11 is 5.42. The molecule has 0 spiro atoms. The van der Waals surface area contributed by atoms with Crippen LogP contribution in [0, 0.1) is 18.8 Å². The number of benzene rings is 2. The Kier molecular flexibility index (Phi) is 9.37. The molecule has 1 fully saturated rings. The minimum Gasteiger partial charge on any atom is -0.457 e. The highest BCUT2D eigenvalue weighted by Crippen LogP contribution is 2.28. The molecular weight excluding hydrogens is 585 g/mol. The summed E-state index contributed by atoms with van der Waals surface area (Å²) < 4.78 is 29.0. The number of aryl methyl sites for hydroxylation is 1. The first-order valence-corrected chi connectivity index (χ1v) is 16.0. The van der Waals surface area contributed by atoms with Crippen molar-refractivity contribution in [3.05, 3.63) is 77.7 Å². The third-order valence-corrected chi connectivity index (χ3v) is 8.56. The molecule has 1 aliphatic rings. The van der Waals surface area contributed by atoms with Crippen molar-refractivity contribution < 1.29 is 12.8 Å². The molecule has 7 N–H and O–H groups in total. The fraction of sp³-hybridized carbons (Fsp3) is 0.300. The van der Waals surface area contributed by atoms with Crippen molar-refractivity contribution in [2.75, 3.05) is 42.1 Å². The maximum Gasteiger partial charge on any atom is 0.238 e. The van der Waals surface area contributed by atoms with Gasteiger partial charge in [-0.15, -0.1) is 0 Å². The zero-order valence-corrected chi connectivity index (χ0v) is 25.7. The highest BCUT2D eigenvalue weighted by molar-refractivity contribution is 7.89. The van der Waals surface area contributed by atoms with E-state index in [0.717, 1.165) is 54.2 Å². The molecule has 226 valence electrons. The van der Waals surface area contributed by atoms with Crippen LogP contribution in [0.5, 0.6) is 0 Å². The lowest BCUT2D eigenvalue weighted by Gasteiger charge is -2.17. The number of rotatable bonds is 10. The molecule has 0 radical (unpaired) electrons. The lowest BCUT2D eigenvalue weighted by atomic mass is 9.95. The second-order valence-electron chi connectivity index (χ2n) is 10.6. The van der Waals surface area contributed by atoms with Crippen LogP contribution in [-0.2, 0) is 16.6 Å². The standard InChI is InChI=1S/C30H36N8O3S2/c1-3-38-17-21(5-8-25-14-22-13-20(15-31)4-11-27(22)41-25)23(18-38)16-33-28-12-19(2)34-29(36-28)37-30(42)35-24-6-9-26(10-7-24)43(32,39)40/h4-14,21,23H,3,15-18,31H2,1-2H3,(H2,32,39,40)(H3,33,34,35,36,37,42). The average Bonchev–Trinajstić information content (AvgIpc) is 3.57. The summed E-state index contributed by atoms with van der Waals surface area (Å²) in [4.78, 5) is 11.5. The van der Waals surface area contributed by atoms with Gasteiger partial charge in [-0.2, -0.15) is 4.98 Å². The van der Waals surface area contributed by atoms with Gasteiger partial charge in [-0.25, -0.2) is 18.5 Å². The van der Waals surface area contributed by atoms with E-state index < -0.39 is 10.0 Å². The van der Waals surface area contributed by atoms with Gasteiger partial charge < -0.3 is 31.0 Å². The molecular formula is C30H36N8O3S2. The SMILES string of the molecule is CCN1CC(C=Cc2cc3cc(CN)ccc3o2)C(CNc2cc(C)nc(NC(=S)Nc3ccc(S(N)(=O)=O)cc3)n2)C1. The molecule has 2 aromatic carbocycles. The first-order valence-electron chi connectivity index (χ1n) is 14.0. The molecule has 4 aromatic rings. The fourth-order valence-corrected chi connectivity index (χ4v) is 5.89. The van der Waals surface area contributed by atoms with E-state index in [1.54, 1.807) is 12.1 Å². The number of thiocarbonyl (C=S) groups is 1. The van der Waals surface area contributed by atoms with E-state index in [1.165, 1.54) is 12.1 Å². The Morgan fingerprint density at radius 2 is 1.91 bits per heavy atom. The van der Waals surface area contributed by atoms with Crippen LogP contribution in [0.1, 0.15) is 23.9 Å². The lowest BCUT2D eigenvalue weighted by molar-refractivity contribution is 0.343. The number of hydrogen-bond donors (Lipinski definition) is 5. The zero-order chi connectivity index (χ0) is 30.6. The number of nitrogens with zero attached hydrogens (tertiary/aromatic N) is 3. The van der Waals surface area contributed by atoms with Gasteiger partial charge in [0.15, 0.2) is 5.11 Å². The summed E-state index contributed by atoms with van der Waals surface area (Å²) in [5.41, 5.74) is 9.10. The van der Waals surface area contributed by atoms with E-state index in [2.05, 4.69) is 62.0 Å². The van der Waals surface area contributed by atoms with Crippen LogP contribution < -0.4 is 26.8 Å². The number of hydrogen-bond acceptors (Lipinski definition) is 9. The molecule has 2 aromatic heterocycles. The number of nitrogens with two attached hydrogens (primary N) is 2. The van der Waals surface area contributed by atoms with E-state index in [-0.39, 0.29) is 10.0 Å². The van der Waals surface area contributed by atoms with Crippen LogP contribution >= 0.6 is 12.2 Å². The van der Waals surface area contributed by atoms with Gasteiger partial charge >= 0.3 is 0 Å². The normalized spacial score (nSPS) is 17.5. The number of sulfonamides is 1. The fourth-order valence-electron chi connectivity index (χ4n) is 5.16. The quantitative estimate of drug-likeness (QED) is 0.162. The summed E-state index contributed by atoms with van der Waals surface area (Å²) in [6.07, 6.45) is 4.33. The highest BCUT2D eigenvalue weighted by atomic mass is 32.2. The number of nitrogens with one attached hydrogen (secondary N) is 3. The molecule has 11 nitrogen and oxygen atoms in total. The molecule has 0 amide bonds. The molecule has 1 saturated heterocycles. The van der Waals surface area contributed by atoms with E-state index in [4.69, 9.17) is 27.5 Å². The van der Waals surface area contributed by atoms with E-state index in [9.17, 15) is 8.42 Å². The Hall–Kier alpha value is -3.88. The third-order valence-electron chi connectivity index (χ3n) is 7.42. The second-order valence-corrected chi connectivity index (χ2v) is 12.6. The van der Waals surface area contributed by atoms with Crippen molar-refractivity contribution in [1.82, 2.24) is 14.9 Å². The third kappa shape index (κ3) is 7.94. The van der Waals surface area contributed by atoms with Crippen molar-refractivity contribution in [3.63, 3.8) is 0 Å². The van der Waals surface area contributed by atoms with Gasteiger partial charge in [0.1, 0.15) is 17.2 Å². The van der Waals surface area contributed by atoms with Crippen LogP contribution in [0.2, 0.25) is 0 Å². The van der Waals surface area contributed by atoms with Crippen molar-refractivity contribution in [2.24, 2.45) is 22.7 Å². The largest absolute Gasteiger partial charge is 0.457 e.